The molecule has 1 rings (SSSR count). The zero-order valence-electron chi connectivity index (χ0n) is 10.6. The quantitative estimate of drug-likeness (QED) is 0.617. The fraction of sp³-hybridized carbons (Fsp3) is 1.00. The lowest BCUT2D eigenvalue weighted by Gasteiger charge is -2.23. The van der Waals surface area contributed by atoms with Gasteiger partial charge in [-0.3, -0.25) is 0 Å². The van der Waals surface area contributed by atoms with Crippen molar-refractivity contribution in [3.8, 4) is 0 Å². The third-order valence-electron chi connectivity index (χ3n) is 2.84. The third-order valence-corrected chi connectivity index (χ3v) is 2.84. The molecule has 3 nitrogen and oxygen atoms in total. The van der Waals surface area contributed by atoms with E-state index in [0.717, 1.165) is 12.6 Å². The van der Waals surface area contributed by atoms with Crippen molar-refractivity contribution in [2.45, 2.75) is 32.2 Å². The Hall–Kier alpha value is -0.120. The van der Waals surface area contributed by atoms with Gasteiger partial charge in [-0.05, 0) is 39.9 Å². The molecule has 1 N–H and O–H groups in total. The van der Waals surface area contributed by atoms with Gasteiger partial charge in [-0.15, -0.1) is 0 Å². The molecule has 0 bridgehead atoms. The Kier molecular flexibility index (Phi) is 6.22. The third kappa shape index (κ3) is 6.88. The minimum absolute atomic E-state index is 0.849. The van der Waals surface area contributed by atoms with Crippen LogP contribution in [0.2, 0.25) is 0 Å². The number of hydrogen-bond donors (Lipinski definition) is 1. The highest BCUT2D eigenvalue weighted by molar-refractivity contribution is 4.81. The van der Waals surface area contributed by atoms with Gasteiger partial charge in [0.1, 0.15) is 0 Å². The smallest absolute Gasteiger partial charge is 0.0110 e. The van der Waals surface area contributed by atoms with Gasteiger partial charge >= 0.3 is 0 Å². The zero-order chi connectivity index (χ0) is 11.1. The number of rotatable bonds is 9. The molecule has 1 fully saturated rings. The summed E-state index contributed by atoms with van der Waals surface area (Å²) in [5.74, 6) is 0. The van der Waals surface area contributed by atoms with Gasteiger partial charge in [-0.2, -0.15) is 0 Å². The van der Waals surface area contributed by atoms with E-state index in [9.17, 15) is 0 Å². The zero-order valence-corrected chi connectivity index (χ0v) is 10.6. The first-order valence-corrected chi connectivity index (χ1v) is 6.33. The molecule has 0 unspecified atom stereocenters. The summed E-state index contributed by atoms with van der Waals surface area (Å²) in [5, 5.41) is 3.58. The van der Waals surface area contributed by atoms with Gasteiger partial charge in [-0.1, -0.05) is 6.92 Å². The molecule has 0 radical (unpaired) electrons. The SMILES string of the molecule is CCCN(CCNC1CC1)CCN(C)C. The maximum atomic E-state index is 3.58. The van der Waals surface area contributed by atoms with Crippen molar-refractivity contribution in [3.05, 3.63) is 0 Å². The van der Waals surface area contributed by atoms with E-state index in [0.29, 0.717) is 0 Å². The highest BCUT2D eigenvalue weighted by Gasteiger charge is 2.19. The second-order valence-electron chi connectivity index (χ2n) is 4.87. The molecule has 0 saturated heterocycles. The van der Waals surface area contributed by atoms with Crippen LogP contribution in [0.15, 0.2) is 0 Å². The summed E-state index contributed by atoms with van der Waals surface area (Å²) in [7, 11) is 4.29. The predicted octanol–water partition coefficient (Wildman–Crippen LogP) is 1.01. The Morgan fingerprint density at radius 1 is 1.07 bits per heavy atom. The summed E-state index contributed by atoms with van der Waals surface area (Å²) < 4.78 is 0. The van der Waals surface area contributed by atoms with Crippen LogP contribution in [0.3, 0.4) is 0 Å². The van der Waals surface area contributed by atoms with E-state index in [-0.39, 0.29) is 0 Å². The molecule has 0 spiro atoms. The Labute approximate surface area is 94.8 Å². The summed E-state index contributed by atoms with van der Waals surface area (Å²) in [6.45, 7) is 8.24. The van der Waals surface area contributed by atoms with Crippen molar-refractivity contribution in [2.24, 2.45) is 0 Å². The van der Waals surface area contributed by atoms with Crippen molar-refractivity contribution in [1.82, 2.24) is 15.1 Å². The van der Waals surface area contributed by atoms with Gasteiger partial charge in [0, 0.05) is 32.2 Å². The van der Waals surface area contributed by atoms with Crippen molar-refractivity contribution < 1.29 is 0 Å². The standard InChI is InChI=1S/C12H27N3/c1-4-8-15(11-10-14(2)3)9-7-13-12-5-6-12/h12-13H,4-11H2,1-3H3. The fourth-order valence-corrected chi connectivity index (χ4v) is 1.71. The van der Waals surface area contributed by atoms with E-state index in [1.165, 1.54) is 45.4 Å². The Morgan fingerprint density at radius 2 is 1.80 bits per heavy atom. The average Bonchev–Trinajstić information content (AvgIpc) is 2.98. The Morgan fingerprint density at radius 3 is 2.33 bits per heavy atom. The summed E-state index contributed by atoms with van der Waals surface area (Å²) in [6, 6.07) is 0.849. The topological polar surface area (TPSA) is 18.5 Å². The highest BCUT2D eigenvalue weighted by Crippen LogP contribution is 2.17. The van der Waals surface area contributed by atoms with Gasteiger partial charge in [0.05, 0.1) is 0 Å². The van der Waals surface area contributed by atoms with Gasteiger partial charge in [0.2, 0.25) is 0 Å². The monoisotopic (exact) mass is 213 g/mol. The number of likely N-dealkylation sites (N-methyl/N-ethyl adjacent to an activating group) is 1. The van der Waals surface area contributed by atoms with Crippen LogP contribution < -0.4 is 5.32 Å². The van der Waals surface area contributed by atoms with E-state index >= 15 is 0 Å². The van der Waals surface area contributed by atoms with Crippen LogP contribution in [-0.2, 0) is 0 Å². The maximum absolute atomic E-state index is 3.58. The van der Waals surface area contributed by atoms with Crippen LogP contribution in [0.5, 0.6) is 0 Å². The molecule has 15 heavy (non-hydrogen) atoms. The molecule has 0 aromatic carbocycles. The largest absolute Gasteiger partial charge is 0.313 e. The van der Waals surface area contributed by atoms with E-state index in [1.807, 2.05) is 0 Å². The number of nitrogens with zero attached hydrogens (tertiary/aromatic N) is 2. The maximum Gasteiger partial charge on any atom is 0.0110 e. The van der Waals surface area contributed by atoms with Crippen molar-refractivity contribution in [3.63, 3.8) is 0 Å². The lowest BCUT2D eigenvalue weighted by Crippen LogP contribution is -2.37. The lowest BCUT2D eigenvalue weighted by molar-refractivity contribution is 0.241. The molecule has 1 aliphatic carbocycles. The lowest BCUT2D eigenvalue weighted by atomic mass is 10.3. The molecule has 0 aromatic heterocycles. The van der Waals surface area contributed by atoms with Gasteiger partial charge in [0.25, 0.3) is 0 Å². The molecule has 0 aromatic rings. The van der Waals surface area contributed by atoms with Gasteiger partial charge in [-0.25, -0.2) is 0 Å². The first-order valence-electron chi connectivity index (χ1n) is 6.33. The van der Waals surface area contributed by atoms with Crippen LogP contribution in [0, 0.1) is 0 Å². The Balaban J connectivity index is 2.04. The number of hydrogen-bond acceptors (Lipinski definition) is 3. The normalized spacial score (nSPS) is 16.6. The van der Waals surface area contributed by atoms with Crippen LogP contribution in [-0.4, -0.2) is 62.7 Å². The van der Waals surface area contributed by atoms with Crippen molar-refractivity contribution in [1.29, 1.82) is 0 Å². The van der Waals surface area contributed by atoms with Crippen LogP contribution in [0.1, 0.15) is 26.2 Å². The first-order chi connectivity index (χ1) is 7.22. The number of nitrogens with one attached hydrogen (secondary N) is 1. The minimum Gasteiger partial charge on any atom is -0.313 e. The Bertz CT molecular complexity index is 155. The van der Waals surface area contributed by atoms with Crippen molar-refractivity contribution >= 4 is 0 Å². The second-order valence-corrected chi connectivity index (χ2v) is 4.87. The molecule has 90 valence electrons. The molecular weight excluding hydrogens is 186 g/mol. The molecule has 0 heterocycles. The van der Waals surface area contributed by atoms with Crippen LogP contribution >= 0.6 is 0 Å². The fourth-order valence-electron chi connectivity index (χ4n) is 1.71. The molecule has 0 amide bonds. The first kappa shape index (κ1) is 12.9. The average molecular weight is 213 g/mol. The molecule has 3 heteroatoms. The van der Waals surface area contributed by atoms with Crippen molar-refractivity contribution in [2.75, 3.05) is 46.8 Å². The predicted molar refractivity (Wildman–Crippen MR) is 66.3 cm³/mol. The molecule has 0 aliphatic heterocycles. The van der Waals surface area contributed by atoms with Gasteiger partial charge < -0.3 is 15.1 Å². The summed E-state index contributed by atoms with van der Waals surface area (Å²) in [4.78, 5) is 4.83. The van der Waals surface area contributed by atoms with E-state index in [1.54, 1.807) is 0 Å². The summed E-state index contributed by atoms with van der Waals surface area (Å²) in [5.41, 5.74) is 0. The van der Waals surface area contributed by atoms with E-state index in [4.69, 9.17) is 0 Å². The van der Waals surface area contributed by atoms with Crippen LogP contribution in [0.4, 0.5) is 0 Å². The van der Waals surface area contributed by atoms with E-state index < -0.39 is 0 Å². The molecule has 1 aliphatic rings. The minimum atomic E-state index is 0.849. The molecule has 1 saturated carbocycles. The highest BCUT2D eigenvalue weighted by atomic mass is 15.2. The summed E-state index contributed by atoms with van der Waals surface area (Å²) in [6.07, 6.45) is 4.05. The molecule has 0 atom stereocenters. The van der Waals surface area contributed by atoms with E-state index in [2.05, 4.69) is 36.1 Å². The molecular formula is C12H27N3. The summed E-state index contributed by atoms with van der Waals surface area (Å²) >= 11 is 0. The van der Waals surface area contributed by atoms with Crippen LogP contribution in [0.25, 0.3) is 0 Å². The second kappa shape index (κ2) is 7.20. The van der Waals surface area contributed by atoms with Gasteiger partial charge in [0.15, 0.2) is 0 Å².